The van der Waals surface area contributed by atoms with E-state index in [4.69, 9.17) is 5.11 Å². The van der Waals surface area contributed by atoms with Gasteiger partial charge in [-0.1, -0.05) is 17.7 Å². The van der Waals surface area contributed by atoms with Crippen LogP contribution < -0.4 is 5.32 Å². The fourth-order valence-corrected chi connectivity index (χ4v) is 1.67. The highest BCUT2D eigenvalue weighted by Crippen LogP contribution is 2.22. The maximum atomic E-state index is 13.0. The van der Waals surface area contributed by atoms with Crippen LogP contribution in [-0.2, 0) is 0 Å². The molecule has 0 fully saturated rings. The molecule has 0 spiro atoms. The van der Waals surface area contributed by atoms with Crippen molar-refractivity contribution in [3.63, 3.8) is 0 Å². The molecule has 2 rings (SSSR count). The highest BCUT2D eigenvalue weighted by Gasteiger charge is 2.10. The molecule has 0 aliphatic carbocycles. The van der Waals surface area contributed by atoms with Crippen molar-refractivity contribution >= 4 is 17.3 Å². The number of benzene rings is 2. The molecular formula is C14H12FNO2. The van der Waals surface area contributed by atoms with E-state index in [1.54, 1.807) is 30.3 Å². The number of hydrogen-bond donors (Lipinski definition) is 2. The summed E-state index contributed by atoms with van der Waals surface area (Å²) in [6, 6.07) is 10.9. The van der Waals surface area contributed by atoms with Crippen molar-refractivity contribution in [1.29, 1.82) is 0 Å². The first kappa shape index (κ1) is 12.1. The lowest BCUT2D eigenvalue weighted by atomic mass is 10.1. The molecule has 0 saturated heterocycles. The summed E-state index contributed by atoms with van der Waals surface area (Å²) in [6.45, 7) is 1.82. The first-order valence-electron chi connectivity index (χ1n) is 5.43. The normalized spacial score (nSPS) is 10.1. The molecule has 18 heavy (non-hydrogen) atoms. The molecule has 4 heteroatoms. The van der Waals surface area contributed by atoms with E-state index >= 15 is 0 Å². The molecule has 0 heterocycles. The molecule has 0 atom stereocenters. The minimum atomic E-state index is -1.02. The Labute approximate surface area is 104 Å². The number of aryl methyl sites for hydroxylation is 1. The largest absolute Gasteiger partial charge is 0.478 e. The first-order valence-corrected chi connectivity index (χ1v) is 5.43. The third-order valence-electron chi connectivity index (χ3n) is 2.51. The third-order valence-corrected chi connectivity index (χ3v) is 2.51. The average molecular weight is 245 g/mol. The minimum Gasteiger partial charge on any atom is -0.478 e. The molecule has 2 aromatic rings. The summed E-state index contributed by atoms with van der Waals surface area (Å²) in [5.41, 5.74) is 1.98. The van der Waals surface area contributed by atoms with Gasteiger partial charge in [0.25, 0.3) is 0 Å². The van der Waals surface area contributed by atoms with Crippen LogP contribution in [0.4, 0.5) is 15.8 Å². The molecule has 0 amide bonds. The fraction of sp³-hybridized carbons (Fsp3) is 0.0714. The quantitative estimate of drug-likeness (QED) is 0.869. The summed E-state index contributed by atoms with van der Waals surface area (Å²) in [6.07, 6.45) is 0. The summed E-state index contributed by atoms with van der Waals surface area (Å²) in [4.78, 5) is 11.1. The van der Waals surface area contributed by atoms with E-state index in [-0.39, 0.29) is 11.4 Å². The number of nitrogens with one attached hydrogen (secondary N) is 1. The van der Waals surface area contributed by atoms with Gasteiger partial charge < -0.3 is 10.4 Å². The monoisotopic (exact) mass is 245 g/mol. The maximum absolute atomic E-state index is 13.0. The molecule has 0 aromatic heterocycles. The molecule has 0 bridgehead atoms. The topological polar surface area (TPSA) is 49.3 Å². The van der Waals surface area contributed by atoms with Gasteiger partial charge in [-0.3, -0.25) is 0 Å². The lowest BCUT2D eigenvalue weighted by Crippen LogP contribution is -2.03. The molecule has 0 saturated carbocycles. The first-order chi connectivity index (χ1) is 8.56. The number of anilines is 2. The number of carbonyl (C=O) groups is 1. The van der Waals surface area contributed by atoms with Crippen molar-refractivity contribution < 1.29 is 14.3 Å². The predicted molar refractivity (Wildman–Crippen MR) is 67.8 cm³/mol. The molecule has 0 unspecified atom stereocenters. The van der Waals surface area contributed by atoms with E-state index < -0.39 is 5.97 Å². The van der Waals surface area contributed by atoms with E-state index in [9.17, 15) is 9.18 Å². The molecule has 0 aliphatic rings. The Morgan fingerprint density at radius 3 is 2.67 bits per heavy atom. The Balaban J connectivity index is 2.37. The average Bonchev–Trinajstić information content (AvgIpc) is 2.31. The van der Waals surface area contributed by atoms with Gasteiger partial charge in [0.2, 0.25) is 0 Å². The van der Waals surface area contributed by atoms with Crippen molar-refractivity contribution in [1.82, 2.24) is 0 Å². The van der Waals surface area contributed by atoms with Crippen LogP contribution >= 0.6 is 0 Å². The highest BCUT2D eigenvalue weighted by molar-refractivity contribution is 5.95. The van der Waals surface area contributed by atoms with E-state index in [1.165, 1.54) is 12.1 Å². The van der Waals surface area contributed by atoms with Gasteiger partial charge in [-0.05, 0) is 37.3 Å². The number of aromatic carboxylic acids is 1. The van der Waals surface area contributed by atoms with Gasteiger partial charge in [0.15, 0.2) is 0 Å². The summed E-state index contributed by atoms with van der Waals surface area (Å²) in [7, 11) is 0. The number of carboxylic acids is 1. The number of halogens is 1. The summed E-state index contributed by atoms with van der Waals surface area (Å²) in [5, 5.41) is 12.0. The van der Waals surface area contributed by atoms with Crippen molar-refractivity contribution in [3.8, 4) is 0 Å². The summed E-state index contributed by atoms with van der Waals surface area (Å²) in [5.74, 6) is -1.39. The van der Waals surface area contributed by atoms with Crippen LogP contribution in [0.15, 0.2) is 42.5 Å². The predicted octanol–water partition coefficient (Wildman–Crippen LogP) is 3.58. The standard InChI is InChI=1S/C14H12FNO2/c1-9-5-6-13(12(7-9)14(17)18)16-11-4-2-3-10(15)8-11/h2-8,16H,1H3,(H,17,18). The van der Waals surface area contributed by atoms with Crippen molar-refractivity contribution in [2.24, 2.45) is 0 Å². The second-order valence-electron chi connectivity index (χ2n) is 3.99. The molecular weight excluding hydrogens is 233 g/mol. The van der Waals surface area contributed by atoms with Crippen molar-refractivity contribution in [2.45, 2.75) is 6.92 Å². The zero-order valence-corrected chi connectivity index (χ0v) is 9.77. The third kappa shape index (κ3) is 2.66. The maximum Gasteiger partial charge on any atom is 0.337 e. The molecule has 0 aliphatic heterocycles. The van der Waals surface area contributed by atoms with E-state index in [0.29, 0.717) is 11.4 Å². The van der Waals surface area contributed by atoms with Gasteiger partial charge in [-0.15, -0.1) is 0 Å². The minimum absolute atomic E-state index is 0.166. The number of hydrogen-bond acceptors (Lipinski definition) is 2. The summed E-state index contributed by atoms with van der Waals surface area (Å²) < 4.78 is 13.0. The Morgan fingerprint density at radius 2 is 2.00 bits per heavy atom. The van der Waals surface area contributed by atoms with Gasteiger partial charge >= 0.3 is 5.97 Å². The Hall–Kier alpha value is -2.36. The molecule has 2 aromatic carbocycles. The van der Waals surface area contributed by atoms with Gasteiger partial charge in [0.1, 0.15) is 5.82 Å². The lowest BCUT2D eigenvalue weighted by molar-refractivity contribution is 0.0698. The molecule has 2 N–H and O–H groups in total. The van der Waals surface area contributed by atoms with E-state index in [1.807, 2.05) is 6.92 Å². The highest BCUT2D eigenvalue weighted by atomic mass is 19.1. The lowest BCUT2D eigenvalue weighted by Gasteiger charge is -2.10. The molecule has 92 valence electrons. The van der Waals surface area contributed by atoms with Gasteiger partial charge in [-0.2, -0.15) is 0 Å². The van der Waals surface area contributed by atoms with Crippen LogP contribution in [0.2, 0.25) is 0 Å². The van der Waals surface area contributed by atoms with Gasteiger partial charge in [0, 0.05) is 5.69 Å². The number of rotatable bonds is 3. The van der Waals surface area contributed by atoms with E-state index in [2.05, 4.69) is 5.32 Å². The summed E-state index contributed by atoms with van der Waals surface area (Å²) >= 11 is 0. The number of carboxylic acid groups (broad SMARTS) is 1. The van der Waals surface area contributed by atoms with Gasteiger partial charge in [0.05, 0.1) is 11.3 Å². The Morgan fingerprint density at radius 1 is 1.22 bits per heavy atom. The van der Waals surface area contributed by atoms with E-state index in [0.717, 1.165) is 5.56 Å². The second-order valence-corrected chi connectivity index (χ2v) is 3.99. The van der Waals surface area contributed by atoms with Crippen LogP contribution in [0.5, 0.6) is 0 Å². The van der Waals surface area contributed by atoms with Crippen LogP contribution in [0.3, 0.4) is 0 Å². The van der Waals surface area contributed by atoms with Crippen LogP contribution in [-0.4, -0.2) is 11.1 Å². The zero-order valence-electron chi connectivity index (χ0n) is 9.77. The fourth-order valence-electron chi connectivity index (χ4n) is 1.67. The SMILES string of the molecule is Cc1ccc(Nc2cccc(F)c2)c(C(=O)O)c1. The Kier molecular flexibility index (Phi) is 3.28. The molecule has 3 nitrogen and oxygen atoms in total. The zero-order chi connectivity index (χ0) is 13.1. The van der Waals surface area contributed by atoms with Crippen LogP contribution in [0.25, 0.3) is 0 Å². The van der Waals surface area contributed by atoms with Gasteiger partial charge in [-0.25, -0.2) is 9.18 Å². The van der Waals surface area contributed by atoms with Crippen LogP contribution in [0, 0.1) is 12.7 Å². The molecule has 0 radical (unpaired) electrons. The van der Waals surface area contributed by atoms with Crippen molar-refractivity contribution in [2.75, 3.05) is 5.32 Å². The second kappa shape index (κ2) is 4.87. The van der Waals surface area contributed by atoms with Crippen LogP contribution in [0.1, 0.15) is 15.9 Å². The Bertz CT molecular complexity index is 596. The van der Waals surface area contributed by atoms with Crippen molar-refractivity contribution in [3.05, 3.63) is 59.4 Å². The smallest absolute Gasteiger partial charge is 0.337 e.